The van der Waals surface area contributed by atoms with Crippen molar-refractivity contribution >= 4 is 27.5 Å². The lowest BCUT2D eigenvalue weighted by Gasteiger charge is -2.33. The van der Waals surface area contributed by atoms with Gasteiger partial charge >= 0.3 is 0 Å². The largest absolute Gasteiger partial charge is 0.357 e. The molecule has 0 saturated carbocycles. The molecule has 168 valence electrons. The SMILES string of the molecule is CCC(C(=O)NC)N(Cc1ccccc1C)C(=O)CN(c1ccccc1F)S(C)(=O)=O. The van der Waals surface area contributed by atoms with Gasteiger partial charge in [-0.2, -0.15) is 0 Å². The molecule has 0 radical (unpaired) electrons. The van der Waals surface area contributed by atoms with E-state index in [-0.39, 0.29) is 18.1 Å². The third kappa shape index (κ3) is 6.04. The zero-order chi connectivity index (χ0) is 23.2. The number of likely N-dealkylation sites (N-methyl/N-ethyl adjacent to an activating group) is 1. The molecule has 9 heteroatoms. The number of amides is 2. The Bertz CT molecular complexity index is 1040. The molecule has 7 nitrogen and oxygen atoms in total. The smallest absolute Gasteiger partial charge is 0.244 e. The number of aryl methyl sites for hydroxylation is 1. The zero-order valence-electron chi connectivity index (χ0n) is 18.1. The van der Waals surface area contributed by atoms with E-state index in [4.69, 9.17) is 0 Å². The predicted molar refractivity (Wildman–Crippen MR) is 118 cm³/mol. The van der Waals surface area contributed by atoms with Gasteiger partial charge in [0.25, 0.3) is 0 Å². The van der Waals surface area contributed by atoms with E-state index in [1.165, 1.54) is 30.1 Å². The first-order valence-corrected chi connectivity index (χ1v) is 11.7. The third-order valence-electron chi connectivity index (χ3n) is 5.03. The Morgan fingerprint density at radius 2 is 1.71 bits per heavy atom. The zero-order valence-corrected chi connectivity index (χ0v) is 18.9. The molecule has 0 aliphatic heterocycles. The highest BCUT2D eigenvalue weighted by molar-refractivity contribution is 7.92. The molecule has 0 aromatic heterocycles. The summed E-state index contributed by atoms with van der Waals surface area (Å²) in [5, 5.41) is 2.55. The maximum atomic E-state index is 14.3. The number of halogens is 1. The molecule has 1 atom stereocenters. The van der Waals surface area contributed by atoms with Gasteiger partial charge in [-0.1, -0.05) is 43.3 Å². The van der Waals surface area contributed by atoms with Gasteiger partial charge in [-0.15, -0.1) is 0 Å². The molecule has 2 aromatic carbocycles. The molecular formula is C22H28FN3O4S. The number of carbonyl (C=O) groups excluding carboxylic acids is 2. The van der Waals surface area contributed by atoms with Crippen molar-refractivity contribution in [1.29, 1.82) is 0 Å². The van der Waals surface area contributed by atoms with Crippen LogP contribution in [0.2, 0.25) is 0 Å². The van der Waals surface area contributed by atoms with Crippen LogP contribution in [0.15, 0.2) is 48.5 Å². The number of sulfonamides is 1. The highest BCUT2D eigenvalue weighted by atomic mass is 32.2. The standard InChI is InChI=1S/C22H28FN3O4S/c1-5-19(22(28)24-3)25(14-17-11-7-6-10-16(17)2)21(27)15-26(31(4,29)30)20-13-9-8-12-18(20)23/h6-13,19H,5,14-15H2,1-4H3,(H,24,28). The quantitative estimate of drug-likeness (QED) is 0.637. The number of benzene rings is 2. The van der Waals surface area contributed by atoms with Crippen LogP contribution in [0.5, 0.6) is 0 Å². The van der Waals surface area contributed by atoms with Crippen LogP contribution in [0.3, 0.4) is 0 Å². The lowest BCUT2D eigenvalue weighted by atomic mass is 10.1. The average Bonchev–Trinajstić information content (AvgIpc) is 2.72. The number of carbonyl (C=O) groups is 2. The summed E-state index contributed by atoms with van der Waals surface area (Å²) in [7, 11) is -2.49. The van der Waals surface area contributed by atoms with Crippen molar-refractivity contribution in [2.75, 3.05) is 24.2 Å². The third-order valence-corrected chi connectivity index (χ3v) is 6.16. The van der Waals surface area contributed by atoms with E-state index in [1.807, 2.05) is 31.2 Å². The molecule has 0 spiro atoms. The second-order valence-corrected chi connectivity index (χ2v) is 9.11. The van der Waals surface area contributed by atoms with E-state index in [9.17, 15) is 22.4 Å². The molecule has 0 bridgehead atoms. The molecule has 0 saturated heterocycles. The van der Waals surface area contributed by atoms with E-state index >= 15 is 0 Å². The van der Waals surface area contributed by atoms with Crippen molar-refractivity contribution in [3.05, 3.63) is 65.5 Å². The lowest BCUT2D eigenvalue weighted by molar-refractivity contribution is -0.140. The summed E-state index contributed by atoms with van der Waals surface area (Å²) in [5.74, 6) is -1.72. The fourth-order valence-corrected chi connectivity index (χ4v) is 4.16. The first-order chi connectivity index (χ1) is 14.6. The fourth-order valence-electron chi connectivity index (χ4n) is 3.31. The average molecular weight is 450 g/mol. The van der Waals surface area contributed by atoms with Crippen LogP contribution in [0.1, 0.15) is 24.5 Å². The molecule has 2 aromatic rings. The Kier molecular flexibility index (Phi) is 8.15. The minimum Gasteiger partial charge on any atom is -0.357 e. The molecular weight excluding hydrogens is 421 g/mol. The topological polar surface area (TPSA) is 86.8 Å². The summed E-state index contributed by atoms with van der Waals surface area (Å²) in [6.07, 6.45) is 1.24. The van der Waals surface area contributed by atoms with Crippen LogP contribution in [-0.4, -0.2) is 51.0 Å². The Morgan fingerprint density at radius 1 is 1.10 bits per heavy atom. The van der Waals surface area contributed by atoms with Gasteiger partial charge in [0, 0.05) is 13.6 Å². The van der Waals surface area contributed by atoms with Crippen LogP contribution >= 0.6 is 0 Å². The molecule has 1 unspecified atom stereocenters. The highest BCUT2D eigenvalue weighted by Crippen LogP contribution is 2.23. The normalized spacial score (nSPS) is 12.2. The van der Waals surface area contributed by atoms with Crippen molar-refractivity contribution in [2.45, 2.75) is 32.9 Å². The van der Waals surface area contributed by atoms with Crippen molar-refractivity contribution < 1.29 is 22.4 Å². The monoisotopic (exact) mass is 449 g/mol. The summed E-state index contributed by atoms with van der Waals surface area (Å²) in [5.41, 5.74) is 1.54. The molecule has 2 amide bonds. The second-order valence-electron chi connectivity index (χ2n) is 7.21. The number of hydrogen-bond acceptors (Lipinski definition) is 4. The Balaban J connectivity index is 2.46. The van der Waals surface area contributed by atoms with Crippen molar-refractivity contribution in [3.63, 3.8) is 0 Å². The first-order valence-electron chi connectivity index (χ1n) is 9.88. The van der Waals surface area contributed by atoms with Gasteiger partial charge in [0.2, 0.25) is 21.8 Å². The first kappa shape index (κ1) is 24.3. The van der Waals surface area contributed by atoms with Crippen LogP contribution in [0.4, 0.5) is 10.1 Å². The molecule has 0 aliphatic rings. The number of anilines is 1. The molecule has 31 heavy (non-hydrogen) atoms. The predicted octanol–water partition coefficient (Wildman–Crippen LogP) is 2.45. The van der Waals surface area contributed by atoms with Gasteiger partial charge in [-0.25, -0.2) is 12.8 Å². The highest BCUT2D eigenvalue weighted by Gasteiger charge is 2.32. The van der Waals surface area contributed by atoms with Gasteiger partial charge in [0.15, 0.2) is 0 Å². The fraction of sp³-hybridized carbons (Fsp3) is 0.364. The Morgan fingerprint density at radius 3 is 2.26 bits per heavy atom. The molecule has 2 rings (SSSR count). The van der Waals surface area contributed by atoms with Gasteiger partial charge in [-0.05, 0) is 36.6 Å². The van der Waals surface area contributed by atoms with Crippen LogP contribution in [0.25, 0.3) is 0 Å². The molecule has 0 aliphatic carbocycles. The number of rotatable bonds is 9. The number of nitrogens with zero attached hydrogens (tertiary/aromatic N) is 2. The van der Waals surface area contributed by atoms with Crippen molar-refractivity contribution in [3.8, 4) is 0 Å². The summed E-state index contributed by atoms with van der Waals surface area (Å²) >= 11 is 0. The number of nitrogens with one attached hydrogen (secondary N) is 1. The Hall–Kier alpha value is -2.94. The summed E-state index contributed by atoms with van der Waals surface area (Å²) in [4.78, 5) is 27.2. The number of hydrogen-bond donors (Lipinski definition) is 1. The molecule has 0 fully saturated rings. The van der Waals surface area contributed by atoms with Crippen molar-refractivity contribution in [2.24, 2.45) is 0 Å². The van der Waals surface area contributed by atoms with Gasteiger partial charge in [0.1, 0.15) is 18.4 Å². The van der Waals surface area contributed by atoms with Gasteiger partial charge in [0.05, 0.1) is 11.9 Å². The van der Waals surface area contributed by atoms with Gasteiger partial charge in [-0.3, -0.25) is 13.9 Å². The summed E-state index contributed by atoms with van der Waals surface area (Å²) < 4.78 is 39.8. The van der Waals surface area contributed by atoms with E-state index in [0.717, 1.165) is 27.8 Å². The summed E-state index contributed by atoms with van der Waals surface area (Å²) in [6.45, 7) is 3.15. The van der Waals surface area contributed by atoms with Gasteiger partial charge < -0.3 is 10.2 Å². The van der Waals surface area contributed by atoms with E-state index in [0.29, 0.717) is 6.42 Å². The summed E-state index contributed by atoms with van der Waals surface area (Å²) in [6, 6.07) is 12.0. The minimum absolute atomic E-state index is 0.117. The maximum absolute atomic E-state index is 14.3. The van der Waals surface area contributed by atoms with Crippen LogP contribution < -0.4 is 9.62 Å². The Labute approximate surface area is 182 Å². The lowest BCUT2D eigenvalue weighted by Crippen LogP contribution is -2.51. The minimum atomic E-state index is -3.96. The van der Waals surface area contributed by atoms with E-state index in [2.05, 4.69) is 5.32 Å². The molecule has 1 N–H and O–H groups in total. The van der Waals surface area contributed by atoms with Crippen LogP contribution in [0, 0.1) is 12.7 Å². The maximum Gasteiger partial charge on any atom is 0.244 e. The number of para-hydroxylation sites is 1. The van der Waals surface area contributed by atoms with Crippen LogP contribution in [-0.2, 0) is 26.2 Å². The molecule has 0 heterocycles. The van der Waals surface area contributed by atoms with Crippen molar-refractivity contribution in [1.82, 2.24) is 10.2 Å². The second kappa shape index (κ2) is 10.4. The van der Waals surface area contributed by atoms with E-state index < -0.39 is 34.3 Å². The van der Waals surface area contributed by atoms with E-state index in [1.54, 1.807) is 6.92 Å².